The molecule has 0 aliphatic heterocycles. The molecule has 2 N–H and O–H groups in total. The summed E-state index contributed by atoms with van der Waals surface area (Å²) >= 11 is 5.51. The first-order valence-electron chi connectivity index (χ1n) is 4.58. The molecule has 0 aromatic heterocycles. The summed E-state index contributed by atoms with van der Waals surface area (Å²) in [5.41, 5.74) is 0.316. The van der Waals surface area contributed by atoms with Crippen molar-refractivity contribution in [1.29, 1.82) is 0 Å². The fraction of sp³-hybridized carbons (Fsp3) is 0.182. The monoisotopic (exact) mass is 243 g/mol. The largest absolute Gasteiger partial charge is 0.480 e. The van der Waals surface area contributed by atoms with E-state index >= 15 is 0 Å². The van der Waals surface area contributed by atoms with Crippen LogP contribution in [0.3, 0.4) is 0 Å². The Kier molecular flexibility index (Phi) is 4.46. The number of carboxylic acid groups (broad SMARTS) is 1. The van der Waals surface area contributed by atoms with Crippen LogP contribution in [0.25, 0.3) is 0 Å². The predicted octanol–water partition coefficient (Wildman–Crippen LogP) is 2.38. The molecule has 0 saturated heterocycles. The average molecular weight is 244 g/mol. The minimum atomic E-state index is -1.08. The Labute approximate surface area is 97.5 Å². The van der Waals surface area contributed by atoms with Gasteiger partial charge in [0.05, 0.1) is 5.02 Å². The molecule has 1 unspecified atom stereocenters. The third-order valence-electron chi connectivity index (χ3n) is 1.99. The van der Waals surface area contributed by atoms with Gasteiger partial charge in [0.1, 0.15) is 11.9 Å². The Morgan fingerprint density at radius 1 is 1.69 bits per heavy atom. The van der Waals surface area contributed by atoms with Gasteiger partial charge < -0.3 is 5.11 Å². The zero-order chi connectivity index (χ0) is 12.1. The standard InChI is InChI=1S/C11H11ClFNO2/c1-2-5-14-10(11(15)16)7-3-4-8(12)9(13)6-7/h2-4,6,10,14H,1,5H2,(H,15,16). The van der Waals surface area contributed by atoms with Gasteiger partial charge in [0.25, 0.3) is 0 Å². The van der Waals surface area contributed by atoms with Gasteiger partial charge in [-0.1, -0.05) is 23.7 Å². The molecular weight excluding hydrogens is 233 g/mol. The molecule has 5 heteroatoms. The molecule has 1 atom stereocenters. The number of aliphatic carboxylic acids is 1. The molecule has 0 aliphatic carbocycles. The highest BCUT2D eigenvalue weighted by molar-refractivity contribution is 6.30. The summed E-state index contributed by atoms with van der Waals surface area (Å²) in [5.74, 6) is -1.71. The number of benzene rings is 1. The van der Waals surface area contributed by atoms with Crippen LogP contribution in [0.4, 0.5) is 4.39 Å². The third kappa shape index (κ3) is 3.05. The number of nitrogens with one attached hydrogen (secondary N) is 1. The van der Waals surface area contributed by atoms with E-state index in [-0.39, 0.29) is 5.02 Å². The van der Waals surface area contributed by atoms with Crippen LogP contribution >= 0.6 is 11.6 Å². The maximum absolute atomic E-state index is 13.2. The lowest BCUT2D eigenvalue weighted by atomic mass is 10.1. The summed E-state index contributed by atoms with van der Waals surface area (Å²) < 4.78 is 13.2. The molecular formula is C11H11ClFNO2. The number of hydrogen-bond acceptors (Lipinski definition) is 2. The van der Waals surface area contributed by atoms with E-state index in [1.807, 2.05) is 0 Å². The zero-order valence-corrected chi connectivity index (χ0v) is 9.17. The molecule has 3 nitrogen and oxygen atoms in total. The highest BCUT2D eigenvalue weighted by atomic mass is 35.5. The summed E-state index contributed by atoms with van der Waals surface area (Å²) in [7, 11) is 0. The molecule has 0 saturated carbocycles. The Bertz CT molecular complexity index is 409. The molecule has 86 valence electrons. The lowest BCUT2D eigenvalue weighted by molar-refractivity contribution is -0.139. The van der Waals surface area contributed by atoms with Crippen LogP contribution in [0.2, 0.25) is 5.02 Å². The van der Waals surface area contributed by atoms with E-state index in [1.54, 1.807) is 0 Å². The molecule has 0 radical (unpaired) electrons. The third-order valence-corrected chi connectivity index (χ3v) is 2.30. The number of halogens is 2. The van der Waals surface area contributed by atoms with Crippen molar-refractivity contribution in [3.8, 4) is 0 Å². The molecule has 0 spiro atoms. The molecule has 0 bridgehead atoms. The zero-order valence-electron chi connectivity index (χ0n) is 8.41. The Balaban J connectivity index is 2.96. The molecule has 16 heavy (non-hydrogen) atoms. The molecule has 1 aromatic carbocycles. The first kappa shape index (κ1) is 12.7. The first-order chi connectivity index (χ1) is 7.56. The van der Waals surface area contributed by atoms with Crippen molar-refractivity contribution < 1.29 is 14.3 Å². The lowest BCUT2D eigenvalue weighted by Crippen LogP contribution is -2.28. The second kappa shape index (κ2) is 5.63. The summed E-state index contributed by atoms with van der Waals surface area (Å²) in [4.78, 5) is 10.9. The molecule has 0 amide bonds. The van der Waals surface area contributed by atoms with Gasteiger partial charge >= 0.3 is 5.97 Å². The van der Waals surface area contributed by atoms with Gasteiger partial charge in [0, 0.05) is 6.54 Å². The minimum absolute atomic E-state index is 0.0309. The smallest absolute Gasteiger partial charge is 0.325 e. The van der Waals surface area contributed by atoms with E-state index in [4.69, 9.17) is 16.7 Å². The van der Waals surface area contributed by atoms with E-state index in [1.165, 1.54) is 18.2 Å². The van der Waals surface area contributed by atoms with Crippen molar-refractivity contribution in [3.63, 3.8) is 0 Å². The highest BCUT2D eigenvalue weighted by Crippen LogP contribution is 2.20. The van der Waals surface area contributed by atoms with Crippen LogP contribution in [-0.2, 0) is 4.79 Å². The van der Waals surface area contributed by atoms with Crippen molar-refractivity contribution in [1.82, 2.24) is 5.32 Å². The van der Waals surface area contributed by atoms with Crippen LogP contribution in [-0.4, -0.2) is 17.6 Å². The molecule has 0 heterocycles. The molecule has 1 aromatic rings. The topological polar surface area (TPSA) is 49.3 Å². The predicted molar refractivity (Wildman–Crippen MR) is 60.0 cm³/mol. The SMILES string of the molecule is C=CCNC(C(=O)O)c1ccc(Cl)c(F)c1. The fourth-order valence-corrected chi connectivity index (χ4v) is 1.36. The Morgan fingerprint density at radius 3 is 2.88 bits per heavy atom. The second-order valence-electron chi connectivity index (χ2n) is 3.14. The number of carbonyl (C=O) groups is 1. The van der Waals surface area contributed by atoms with Crippen LogP contribution < -0.4 is 5.32 Å². The maximum atomic E-state index is 13.2. The normalized spacial score (nSPS) is 12.1. The van der Waals surface area contributed by atoms with E-state index in [2.05, 4.69) is 11.9 Å². The molecule has 0 aliphatic rings. The van der Waals surface area contributed by atoms with E-state index < -0.39 is 17.8 Å². The first-order valence-corrected chi connectivity index (χ1v) is 4.96. The van der Waals surface area contributed by atoms with Gasteiger partial charge in [-0.25, -0.2) is 4.39 Å². The average Bonchev–Trinajstić information content (AvgIpc) is 2.23. The second-order valence-corrected chi connectivity index (χ2v) is 3.55. The van der Waals surface area contributed by atoms with E-state index in [9.17, 15) is 9.18 Å². The maximum Gasteiger partial charge on any atom is 0.325 e. The van der Waals surface area contributed by atoms with Gasteiger partial charge in [-0.05, 0) is 17.7 Å². The van der Waals surface area contributed by atoms with Gasteiger partial charge in [-0.15, -0.1) is 6.58 Å². The Morgan fingerprint density at radius 2 is 2.38 bits per heavy atom. The number of hydrogen-bond donors (Lipinski definition) is 2. The van der Waals surface area contributed by atoms with Crippen molar-refractivity contribution in [2.45, 2.75) is 6.04 Å². The summed E-state index contributed by atoms with van der Waals surface area (Å²) in [6, 6.07) is 2.94. The van der Waals surface area contributed by atoms with Gasteiger partial charge in [0.2, 0.25) is 0 Å². The van der Waals surface area contributed by atoms with Crippen LogP contribution in [0, 0.1) is 5.82 Å². The number of carboxylic acids is 1. The van der Waals surface area contributed by atoms with Gasteiger partial charge in [-0.2, -0.15) is 0 Å². The van der Waals surface area contributed by atoms with Crippen molar-refractivity contribution in [3.05, 3.63) is 47.3 Å². The minimum Gasteiger partial charge on any atom is -0.480 e. The van der Waals surface area contributed by atoms with E-state index in [0.29, 0.717) is 12.1 Å². The van der Waals surface area contributed by atoms with Crippen molar-refractivity contribution in [2.75, 3.05) is 6.54 Å². The molecule has 1 rings (SSSR count). The van der Waals surface area contributed by atoms with Crippen molar-refractivity contribution in [2.24, 2.45) is 0 Å². The summed E-state index contributed by atoms with van der Waals surface area (Å²) in [6.07, 6.45) is 1.53. The quantitative estimate of drug-likeness (QED) is 0.781. The van der Waals surface area contributed by atoms with Gasteiger partial charge in [-0.3, -0.25) is 10.1 Å². The molecule has 0 fully saturated rings. The van der Waals surface area contributed by atoms with Crippen LogP contribution in [0.5, 0.6) is 0 Å². The fourth-order valence-electron chi connectivity index (χ4n) is 1.24. The Hall–Kier alpha value is -1.39. The summed E-state index contributed by atoms with van der Waals surface area (Å²) in [5, 5.41) is 11.6. The van der Waals surface area contributed by atoms with Crippen molar-refractivity contribution >= 4 is 17.6 Å². The number of rotatable bonds is 5. The highest BCUT2D eigenvalue weighted by Gasteiger charge is 2.19. The van der Waals surface area contributed by atoms with Gasteiger partial charge in [0.15, 0.2) is 0 Å². The van der Waals surface area contributed by atoms with E-state index in [0.717, 1.165) is 6.07 Å². The van der Waals surface area contributed by atoms with Crippen LogP contribution in [0.15, 0.2) is 30.9 Å². The lowest BCUT2D eigenvalue weighted by Gasteiger charge is -2.13. The van der Waals surface area contributed by atoms with Crippen LogP contribution in [0.1, 0.15) is 11.6 Å². The summed E-state index contributed by atoms with van der Waals surface area (Å²) in [6.45, 7) is 3.79.